The van der Waals surface area contributed by atoms with Crippen molar-refractivity contribution in [3.05, 3.63) is 39.7 Å². The van der Waals surface area contributed by atoms with Crippen LogP contribution in [0.2, 0.25) is 0 Å². The first-order valence-electron chi connectivity index (χ1n) is 6.56. The van der Waals surface area contributed by atoms with E-state index >= 15 is 0 Å². The summed E-state index contributed by atoms with van der Waals surface area (Å²) in [5.74, 6) is 0. The Kier molecular flexibility index (Phi) is 4.94. The molecule has 2 rings (SSSR count). The molecule has 7 heteroatoms. The molecule has 2 aromatic rings. The van der Waals surface area contributed by atoms with Gasteiger partial charge in [-0.1, -0.05) is 0 Å². The standard InChI is InChI=1S/C13H18BrN5O/c1-10(2)19-13(20)12(14)11(8-17-19)16-4-3-6-18-7-5-15-9-18/h5,7-10,16H,3-4,6H2,1-2H3. The Labute approximate surface area is 126 Å². The van der Waals surface area contributed by atoms with Crippen molar-refractivity contribution < 1.29 is 0 Å². The highest BCUT2D eigenvalue weighted by Gasteiger charge is 2.10. The van der Waals surface area contributed by atoms with Crippen molar-refractivity contribution in [1.29, 1.82) is 0 Å². The molecule has 2 heterocycles. The van der Waals surface area contributed by atoms with E-state index in [2.05, 4.69) is 31.3 Å². The number of imidazole rings is 1. The minimum Gasteiger partial charge on any atom is -0.383 e. The predicted molar refractivity (Wildman–Crippen MR) is 81.9 cm³/mol. The fourth-order valence-electron chi connectivity index (χ4n) is 1.84. The van der Waals surface area contributed by atoms with Crippen molar-refractivity contribution in [2.75, 3.05) is 11.9 Å². The van der Waals surface area contributed by atoms with Gasteiger partial charge in [-0.05, 0) is 36.2 Å². The van der Waals surface area contributed by atoms with E-state index in [1.54, 1.807) is 18.7 Å². The lowest BCUT2D eigenvalue weighted by Crippen LogP contribution is -2.26. The zero-order valence-corrected chi connectivity index (χ0v) is 13.2. The van der Waals surface area contributed by atoms with Crippen LogP contribution in [0, 0.1) is 0 Å². The van der Waals surface area contributed by atoms with Gasteiger partial charge in [0, 0.05) is 25.5 Å². The first-order valence-corrected chi connectivity index (χ1v) is 7.36. The van der Waals surface area contributed by atoms with Crippen molar-refractivity contribution in [2.45, 2.75) is 32.9 Å². The van der Waals surface area contributed by atoms with E-state index in [0.717, 1.165) is 25.2 Å². The second-order valence-corrected chi connectivity index (χ2v) is 5.59. The Hall–Kier alpha value is -1.63. The van der Waals surface area contributed by atoms with E-state index in [0.29, 0.717) is 4.47 Å². The summed E-state index contributed by atoms with van der Waals surface area (Å²) >= 11 is 3.34. The summed E-state index contributed by atoms with van der Waals surface area (Å²) in [7, 11) is 0. The molecule has 0 aliphatic rings. The second-order valence-electron chi connectivity index (χ2n) is 4.80. The number of halogens is 1. The molecule has 0 radical (unpaired) electrons. The summed E-state index contributed by atoms with van der Waals surface area (Å²) in [6.07, 6.45) is 8.11. The maximum atomic E-state index is 12.1. The van der Waals surface area contributed by atoms with E-state index in [9.17, 15) is 4.79 Å². The molecule has 0 spiro atoms. The van der Waals surface area contributed by atoms with Gasteiger partial charge in [-0.25, -0.2) is 9.67 Å². The third-order valence-electron chi connectivity index (χ3n) is 2.90. The number of nitrogens with one attached hydrogen (secondary N) is 1. The maximum absolute atomic E-state index is 12.1. The fraction of sp³-hybridized carbons (Fsp3) is 0.462. The SMILES string of the molecule is CC(C)n1ncc(NCCCn2ccnc2)c(Br)c1=O. The minimum atomic E-state index is -0.111. The molecule has 0 aliphatic heterocycles. The Morgan fingerprint density at radius 2 is 2.25 bits per heavy atom. The lowest BCUT2D eigenvalue weighted by atomic mass is 10.3. The zero-order valence-electron chi connectivity index (χ0n) is 11.6. The van der Waals surface area contributed by atoms with Gasteiger partial charge >= 0.3 is 0 Å². The number of aryl methyl sites for hydroxylation is 1. The molecule has 0 aromatic carbocycles. The molecule has 0 saturated carbocycles. The van der Waals surface area contributed by atoms with Crippen LogP contribution in [0.15, 0.2) is 34.2 Å². The van der Waals surface area contributed by atoms with Crippen LogP contribution in [-0.4, -0.2) is 25.9 Å². The van der Waals surface area contributed by atoms with Gasteiger partial charge in [0.05, 0.1) is 24.3 Å². The second kappa shape index (κ2) is 6.69. The number of nitrogens with zero attached hydrogens (tertiary/aromatic N) is 4. The third-order valence-corrected chi connectivity index (χ3v) is 3.67. The molecule has 0 saturated heterocycles. The highest BCUT2D eigenvalue weighted by molar-refractivity contribution is 9.10. The Morgan fingerprint density at radius 1 is 1.45 bits per heavy atom. The molecular weight excluding hydrogens is 322 g/mol. The molecule has 0 bridgehead atoms. The summed E-state index contributed by atoms with van der Waals surface area (Å²) in [4.78, 5) is 16.0. The summed E-state index contributed by atoms with van der Waals surface area (Å²) in [5.41, 5.74) is 0.622. The number of rotatable bonds is 6. The molecular formula is C13H18BrN5O. The predicted octanol–water partition coefficient (Wildman–Crippen LogP) is 2.29. The quantitative estimate of drug-likeness (QED) is 0.820. The van der Waals surface area contributed by atoms with Crippen LogP contribution in [0.25, 0.3) is 0 Å². The Balaban J connectivity index is 1.93. The van der Waals surface area contributed by atoms with Crippen molar-refractivity contribution in [2.24, 2.45) is 0 Å². The lowest BCUT2D eigenvalue weighted by Gasteiger charge is -2.12. The molecule has 1 N–H and O–H groups in total. The normalized spacial score (nSPS) is 11.0. The highest BCUT2D eigenvalue weighted by atomic mass is 79.9. The van der Waals surface area contributed by atoms with E-state index in [4.69, 9.17) is 0 Å². The third kappa shape index (κ3) is 3.47. The topological polar surface area (TPSA) is 64.7 Å². The van der Waals surface area contributed by atoms with Gasteiger partial charge in [-0.15, -0.1) is 0 Å². The van der Waals surface area contributed by atoms with Crippen molar-refractivity contribution in [3.8, 4) is 0 Å². The van der Waals surface area contributed by atoms with E-state index in [1.807, 2.05) is 24.6 Å². The maximum Gasteiger partial charge on any atom is 0.283 e. The number of hydrogen-bond acceptors (Lipinski definition) is 4. The number of aromatic nitrogens is 4. The van der Waals surface area contributed by atoms with Gasteiger partial charge in [0.25, 0.3) is 5.56 Å². The molecule has 6 nitrogen and oxygen atoms in total. The average molecular weight is 340 g/mol. The smallest absolute Gasteiger partial charge is 0.283 e. The average Bonchev–Trinajstić information content (AvgIpc) is 2.92. The lowest BCUT2D eigenvalue weighted by molar-refractivity contribution is 0.501. The highest BCUT2D eigenvalue weighted by Crippen LogP contribution is 2.17. The fourth-order valence-corrected chi connectivity index (χ4v) is 2.26. The molecule has 0 amide bonds. The molecule has 0 aliphatic carbocycles. The summed E-state index contributed by atoms with van der Waals surface area (Å²) in [6, 6.07) is 0.0501. The van der Waals surface area contributed by atoms with Crippen LogP contribution in [0.4, 0.5) is 5.69 Å². The number of anilines is 1. The van der Waals surface area contributed by atoms with E-state index < -0.39 is 0 Å². The van der Waals surface area contributed by atoms with Crippen molar-refractivity contribution >= 4 is 21.6 Å². The largest absolute Gasteiger partial charge is 0.383 e. The zero-order chi connectivity index (χ0) is 14.5. The molecule has 0 atom stereocenters. The molecule has 0 fully saturated rings. The van der Waals surface area contributed by atoms with Gasteiger partial charge < -0.3 is 9.88 Å². The molecule has 108 valence electrons. The van der Waals surface area contributed by atoms with Gasteiger partial charge in [0.15, 0.2) is 0 Å². The first-order chi connectivity index (χ1) is 9.59. The first kappa shape index (κ1) is 14.8. The van der Waals surface area contributed by atoms with Gasteiger partial charge in [0.1, 0.15) is 4.47 Å². The van der Waals surface area contributed by atoms with Crippen molar-refractivity contribution in [3.63, 3.8) is 0 Å². The summed E-state index contributed by atoms with van der Waals surface area (Å²) < 4.78 is 4.01. The molecule has 2 aromatic heterocycles. The Bertz CT molecular complexity index is 606. The van der Waals surface area contributed by atoms with Crippen LogP contribution in [0.1, 0.15) is 26.3 Å². The molecule has 20 heavy (non-hydrogen) atoms. The van der Waals surface area contributed by atoms with Gasteiger partial charge in [0.2, 0.25) is 0 Å². The van der Waals surface area contributed by atoms with E-state index in [1.165, 1.54) is 4.68 Å². The van der Waals surface area contributed by atoms with Gasteiger partial charge in [-0.2, -0.15) is 5.10 Å². The van der Waals surface area contributed by atoms with Crippen LogP contribution in [0.3, 0.4) is 0 Å². The van der Waals surface area contributed by atoms with Crippen LogP contribution in [0.5, 0.6) is 0 Å². The molecule has 0 unspecified atom stereocenters. The van der Waals surface area contributed by atoms with E-state index in [-0.39, 0.29) is 11.6 Å². The summed E-state index contributed by atoms with van der Waals surface area (Å²) in [6.45, 7) is 5.52. The van der Waals surface area contributed by atoms with Crippen molar-refractivity contribution in [1.82, 2.24) is 19.3 Å². The minimum absolute atomic E-state index is 0.0501. The van der Waals surface area contributed by atoms with Crippen LogP contribution < -0.4 is 10.9 Å². The monoisotopic (exact) mass is 339 g/mol. The summed E-state index contributed by atoms with van der Waals surface area (Å²) in [5, 5.41) is 7.39. The van der Waals surface area contributed by atoms with Gasteiger partial charge in [-0.3, -0.25) is 4.79 Å². The van der Waals surface area contributed by atoms with Crippen LogP contribution >= 0.6 is 15.9 Å². The Morgan fingerprint density at radius 3 is 2.90 bits per heavy atom. The van der Waals surface area contributed by atoms with Crippen LogP contribution in [-0.2, 0) is 6.54 Å². The number of hydrogen-bond donors (Lipinski definition) is 1.